The summed E-state index contributed by atoms with van der Waals surface area (Å²) >= 11 is 0. The van der Waals surface area contributed by atoms with E-state index >= 15 is 0 Å². The first-order valence-corrected chi connectivity index (χ1v) is 5.43. The molecule has 0 unspecified atom stereocenters. The number of aromatic nitrogens is 3. The molecule has 6 heteroatoms. The summed E-state index contributed by atoms with van der Waals surface area (Å²) in [6.07, 6.45) is 1.63. The number of halogens is 1. The Balaban J connectivity index is 2.23. The van der Waals surface area contributed by atoms with Crippen LogP contribution in [-0.2, 0) is 0 Å². The molecule has 3 aromatic rings. The fourth-order valence-corrected chi connectivity index (χ4v) is 1.84. The quantitative estimate of drug-likeness (QED) is 0.721. The van der Waals surface area contributed by atoms with Gasteiger partial charge in [0.2, 0.25) is 0 Å². The highest BCUT2D eigenvalue weighted by Crippen LogP contribution is 2.28. The molecular formula is C13H7FN4O. The van der Waals surface area contributed by atoms with Gasteiger partial charge in [-0.1, -0.05) is 0 Å². The highest BCUT2D eigenvalue weighted by Gasteiger charge is 2.12. The van der Waals surface area contributed by atoms with Crippen LogP contribution in [0.2, 0.25) is 0 Å². The predicted molar refractivity (Wildman–Crippen MR) is 64.8 cm³/mol. The van der Waals surface area contributed by atoms with Gasteiger partial charge in [-0.05, 0) is 18.2 Å². The summed E-state index contributed by atoms with van der Waals surface area (Å²) in [4.78, 5) is 0. The summed E-state index contributed by atoms with van der Waals surface area (Å²) < 4.78 is 14.6. The van der Waals surface area contributed by atoms with E-state index in [0.29, 0.717) is 22.6 Å². The Morgan fingerprint density at radius 1 is 1.21 bits per heavy atom. The Morgan fingerprint density at radius 2 is 2.05 bits per heavy atom. The van der Waals surface area contributed by atoms with Gasteiger partial charge in [0.15, 0.2) is 11.5 Å². The zero-order valence-corrected chi connectivity index (χ0v) is 9.58. The number of phenolic OH excluding ortho intramolecular Hbond substituents is 1. The van der Waals surface area contributed by atoms with Gasteiger partial charge in [-0.3, -0.25) is 4.40 Å². The fraction of sp³-hybridized carbons (Fsp3) is 0. The number of rotatable bonds is 1. The minimum atomic E-state index is -0.526. The largest absolute Gasteiger partial charge is 0.507 e. The third kappa shape index (κ3) is 1.77. The fourth-order valence-electron chi connectivity index (χ4n) is 1.84. The molecule has 1 aromatic carbocycles. The van der Waals surface area contributed by atoms with E-state index in [2.05, 4.69) is 10.2 Å². The van der Waals surface area contributed by atoms with Crippen molar-refractivity contribution < 1.29 is 9.50 Å². The first-order chi connectivity index (χ1) is 9.19. The van der Waals surface area contributed by atoms with Crippen molar-refractivity contribution in [3.8, 4) is 23.2 Å². The van der Waals surface area contributed by atoms with Crippen molar-refractivity contribution in [1.82, 2.24) is 14.6 Å². The number of hydrogen-bond acceptors (Lipinski definition) is 4. The van der Waals surface area contributed by atoms with Crippen LogP contribution in [0.5, 0.6) is 5.75 Å². The monoisotopic (exact) mass is 254 g/mol. The number of phenols is 1. The number of benzene rings is 1. The maximum Gasteiger partial charge on any atom is 0.172 e. The second kappa shape index (κ2) is 4.07. The van der Waals surface area contributed by atoms with Gasteiger partial charge in [0.25, 0.3) is 0 Å². The van der Waals surface area contributed by atoms with Gasteiger partial charge in [0.1, 0.15) is 11.6 Å². The molecule has 0 radical (unpaired) electrons. The molecule has 0 bridgehead atoms. The maximum absolute atomic E-state index is 13.0. The summed E-state index contributed by atoms with van der Waals surface area (Å²) in [5.74, 6) is -0.350. The second-order valence-electron chi connectivity index (χ2n) is 3.94. The first-order valence-electron chi connectivity index (χ1n) is 5.43. The van der Waals surface area contributed by atoms with Gasteiger partial charge >= 0.3 is 0 Å². The summed E-state index contributed by atoms with van der Waals surface area (Å²) in [6.45, 7) is 0. The number of hydrogen-bond donors (Lipinski definition) is 1. The summed E-state index contributed by atoms with van der Waals surface area (Å²) in [5.41, 5.74) is 1.33. The molecule has 0 atom stereocenters. The lowest BCUT2D eigenvalue weighted by atomic mass is 10.2. The molecule has 1 N–H and O–H groups in total. The van der Waals surface area contributed by atoms with Crippen molar-refractivity contribution in [2.24, 2.45) is 0 Å². The number of pyridine rings is 1. The summed E-state index contributed by atoms with van der Waals surface area (Å²) in [7, 11) is 0. The van der Waals surface area contributed by atoms with Gasteiger partial charge in [-0.2, -0.15) is 5.26 Å². The van der Waals surface area contributed by atoms with E-state index in [-0.39, 0.29) is 5.75 Å². The van der Waals surface area contributed by atoms with Crippen molar-refractivity contribution in [1.29, 1.82) is 5.26 Å². The maximum atomic E-state index is 13.0. The molecule has 3 rings (SSSR count). The van der Waals surface area contributed by atoms with Crippen molar-refractivity contribution in [2.75, 3.05) is 0 Å². The minimum absolute atomic E-state index is 0.210. The Labute approximate surface area is 107 Å². The third-order valence-corrected chi connectivity index (χ3v) is 2.74. The van der Waals surface area contributed by atoms with Gasteiger partial charge in [-0.15, -0.1) is 10.2 Å². The van der Waals surface area contributed by atoms with Crippen molar-refractivity contribution in [2.45, 2.75) is 0 Å². The standard InChI is InChI=1S/C13H7FN4O/c14-9-1-2-10(11(19)6-9)13-17-16-12-5-8(7-15)3-4-18(12)13/h1-6,19H. The predicted octanol–water partition coefficient (Wildman–Crippen LogP) is 2.11. The smallest absolute Gasteiger partial charge is 0.172 e. The molecule has 0 fully saturated rings. The van der Waals surface area contributed by atoms with E-state index < -0.39 is 5.82 Å². The van der Waals surface area contributed by atoms with Crippen LogP contribution in [0.15, 0.2) is 36.5 Å². The van der Waals surface area contributed by atoms with Crippen LogP contribution >= 0.6 is 0 Å². The van der Waals surface area contributed by atoms with Crippen LogP contribution in [0.4, 0.5) is 4.39 Å². The van der Waals surface area contributed by atoms with Gasteiger partial charge < -0.3 is 5.11 Å². The summed E-state index contributed by atoms with van der Waals surface area (Å²) in [6, 6.07) is 8.88. The van der Waals surface area contributed by atoms with E-state index in [0.717, 1.165) is 6.07 Å². The average molecular weight is 254 g/mol. The summed E-state index contributed by atoms with van der Waals surface area (Å²) in [5, 5.41) is 26.4. The molecule has 92 valence electrons. The zero-order chi connectivity index (χ0) is 13.4. The molecule has 0 saturated carbocycles. The molecule has 0 aliphatic rings. The van der Waals surface area contributed by atoms with E-state index in [1.807, 2.05) is 6.07 Å². The van der Waals surface area contributed by atoms with E-state index in [4.69, 9.17) is 5.26 Å². The third-order valence-electron chi connectivity index (χ3n) is 2.74. The lowest BCUT2D eigenvalue weighted by molar-refractivity contribution is 0.470. The number of nitrogens with zero attached hydrogens (tertiary/aromatic N) is 4. The van der Waals surface area contributed by atoms with Gasteiger partial charge in [-0.25, -0.2) is 4.39 Å². The van der Waals surface area contributed by atoms with Crippen molar-refractivity contribution in [3.63, 3.8) is 0 Å². The minimum Gasteiger partial charge on any atom is -0.507 e. The molecule has 19 heavy (non-hydrogen) atoms. The van der Waals surface area contributed by atoms with Crippen LogP contribution in [0.3, 0.4) is 0 Å². The van der Waals surface area contributed by atoms with E-state index in [9.17, 15) is 9.50 Å². The average Bonchev–Trinajstić information content (AvgIpc) is 2.81. The van der Waals surface area contributed by atoms with Gasteiger partial charge in [0, 0.05) is 18.3 Å². The van der Waals surface area contributed by atoms with Crippen LogP contribution < -0.4 is 0 Å². The van der Waals surface area contributed by atoms with Crippen molar-refractivity contribution >= 4 is 5.65 Å². The highest BCUT2D eigenvalue weighted by molar-refractivity contribution is 5.66. The van der Waals surface area contributed by atoms with E-state index in [1.165, 1.54) is 12.1 Å². The number of aromatic hydroxyl groups is 1. The SMILES string of the molecule is N#Cc1ccn2c(-c3ccc(F)cc3O)nnc2c1. The molecule has 2 aromatic heterocycles. The van der Waals surface area contributed by atoms with Gasteiger partial charge in [0.05, 0.1) is 17.2 Å². The molecular weight excluding hydrogens is 247 g/mol. The molecule has 0 saturated heterocycles. The topological polar surface area (TPSA) is 74.2 Å². The van der Waals surface area contributed by atoms with Crippen LogP contribution in [-0.4, -0.2) is 19.7 Å². The van der Waals surface area contributed by atoms with Crippen LogP contribution in [0, 0.1) is 17.1 Å². The first kappa shape index (κ1) is 11.2. The second-order valence-corrected chi connectivity index (χ2v) is 3.94. The Kier molecular flexibility index (Phi) is 2.39. The molecule has 0 amide bonds. The van der Waals surface area contributed by atoms with E-state index in [1.54, 1.807) is 22.7 Å². The Morgan fingerprint density at radius 3 is 2.79 bits per heavy atom. The molecule has 0 spiro atoms. The highest BCUT2D eigenvalue weighted by atomic mass is 19.1. The molecule has 0 aliphatic carbocycles. The van der Waals surface area contributed by atoms with Crippen molar-refractivity contribution in [3.05, 3.63) is 47.9 Å². The molecule has 5 nitrogen and oxygen atoms in total. The number of fused-ring (bicyclic) bond motifs is 1. The Hall–Kier alpha value is -2.94. The lowest BCUT2D eigenvalue weighted by Crippen LogP contribution is -1.91. The number of nitriles is 1. The van der Waals surface area contributed by atoms with Crippen LogP contribution in [0.25, 0.3) is 17.0 Å². The Bertz CT molecular complexity index is 819. The zero-order valence-electron chi connectivity index (χ0n) is 9.58. The molecule has 0 aliphatic heterocycles. The van der Waals surface area contributed by atoms with Crippen LogP contribution in [0.1, 0.15) is 5.56 Å². The molecule has 2 heterocycles. The lowest BCUT2D eigenvalue weighted by Gasteiger charge is -2.03. The normalized spacial score (nSPS) is 10.5.